The number of carboxylic acid groups (broad SMARTS) is 1. The van der Waals surface area contributed by atoms with Crippen molar-refractivity contribution in [2.45, 2.75) is 0 Å². The molecule has 0 aromatic heterocycles. The summed E-state index contributed by atoms with van der Waals surface area (Å²) in [5.74, 6) is 0. The molecule has 0 radical (unpaired) electrons. The minimum Gasteiger partial charge on any atom is -0.465 e. The molecule has 0 saturated heterocycles. The first-order valence-corrected chi connectivity index (χ1v) is 0.716. The van der Waals surface area contributed by atoms with Crippen molar-refractivity contribution in [2.75, 3.05) is 0 Å². The molecule has 0 unspecified atom stereocenters. The summed E-state index contributed by atoms with van der Waals surface area (Å²) in [6.07, 6.45) is -1.33. The fraction of sp³-hybridized carbons (Fsp3) is 0. The minimum atomic E-state index is -1.33. The summed E-state index contributed by atoms with van der Waals surface area (Å²) in [5, 5.41) is 7.19. The maximum Gasteiger partial charge on any atom is 0.402 e. The van der Waals surface area contributed by atoms with E-state index in [1.165, 1.54) is 0 Å². The van der Waals surface area contributed by atoms with Crippen LogP contribution in [0.4, 0.5) is 4.79 Å². The third-order valence-corrected chi connectivity index (χ3v) is 0. The Labute approximate surface area is 43.4 Å². The Morgan fingerprint density at radius 1 is 1.80 bits per heavy atom. The molecule has 5 heavy (non-hydrogen) atoms. The molecule has 0 heterocycles. The van der Waals surface area contributed by atoms with E-state index in [4.69, 9.17) is 9.90 Å². The molecule has 0 aliphatic carbocycles. The number of carbonyl (C=O) groups is 1. The van der Waals surface area contributed by atoms with Crippen LogP contribution in [0, 0.1) is 0 Å². The Morgan fingerprint density at radius 2 is 1.80 bits per heavy atom. The molecule has 3 nitrogen and oxygen atoms in total. The van der Waals surface area contributed by atoms with Crippen LogP contribution in [-0.4, -0.2) is 11.2 Å². The molecule has 0 aliphatic rings. The number of nitrogens with two attached hydrogens (primary N) is 1. The van der Waals surface area contributed by atoms with E-state index in [1.807, 2.05) is 0 Å². The van der Waals surface area contributed by atoms with E-state index in [0.717, 1.165) is 0 Å². The van der Waals surface area contributed by atoms with Gasteiger partial charge in [-0.05, 0) is 0 Å². The Kier molecular flexibility index (Phi) is 7.03. The van der Waals surface area contributed by atoms with E-state index in [1.54, 1.807) is 0 Å². The van der Waals surface area contributed by atoms with Gasteiger partial charge in [0.25, 0.3) is 0 Å². The molecular formula is CH3NO2Pt. The first kappa shape index (κ1) is 8.88. The summed E-state index contributed by atoms with van der Waals surface area (Å²) < 4.78 is 0. The van der Waals surface area contributed by atoms with E-state index in [9.17, 15) is 0 Å². The first-order chi connectivity index (χ1) is 1.73. The zero-order chi connectivity index (χ0) is 3.58. The molecule has 0 aromatic carbocycles. The Hall–Kier alpha value is -0.0417. The Morgan fingerprint density at radius 3 is 1.80 bits per heavy atom. The van der Waals surface area contributed by atoms with Gasteiger partial charge in [0.2, 0.25) is 0 Å². The summed E-state index contributed by atoms with van der Waals surface area (Å²) in [5.41, 5.74) is 4.03. The monoisotopic (exact) mass is 256 g/mol. The van der Waals surface area contributed by atoms with Crippen molar-refractivity contribution in [3.8, 4) is 0 Å². The molecule has 1 amide bonds. The summed E-state index contributed by atoms with van der Waals surface area (Å²) >= 11 is 0. The van der Waals surface area contributed by atoms with Crippen molar-refractivity contribution in [3.63, 3.8) is 0 Å². The Bertz CT molecular complexity index is 32.6. The second-order valence-electron chi connectivity index (χ2n) is 0.338. The van der Waals surface area contributed by atoms with Gasteiger partial charge in [0.1, 0.15) is 0 Å². The van der Waals surface area contributed by atoms with Crippen molar-refractivity contribution in [2.24, 2.45) is 5.73 Å². The number of hydrogen-bond donors (Lipinski definition) is 2. The fourth-order valence-corrected chi connectivity index (χ4v) is 0. The average molecular weight is 256 g/mol. The van der Waals surface area contributed by atoms with Gasteiger partial charge in [-0.2, -0.15) is 0 Å². The summed E-state index contributed by atoms with van der Waals surface area (Å²) in [6, 6.07) is 0. The van der Waals surface area contributed by atoms with Crippen LogP contribution >= 0.6 is 0 Å². The van der Waals surface area contributed by atoms with Gasteiger partial charge in [-0.3, -0.25) is 0 Å². The average Bonchev–Trinajstić information content (AvgIpc) is 0.811. The number of hydrogen-bond acceptors (Lipinski definition) is 1. The SMILES string of the molecule is NC(=O)O.[Pt]. The van der Waals surface area contributed by atoms with Crippen molar-refractivity contribution in [3.05, 3.63) is 0 Å². The smallest absolute Gasteiger partial charge is 0.402 e. The topological polar surface area (TPSA) is 63.3 Å². The zero-order valence-electron chi connectivity index (χ0n) is 2.25. The molecule has 4 heteroatoms. The van der Waals surface area contributed by atoms with Crippen LogP contribution in [0.25, 0.3) is 0 Å². The van der Waals surface area contributed by atoms with Crippen LogP contribution in [0.1, 0.15) is 0 Å². The first-order valence-electron chi connectivity index (χ1n) is 0.716. The van der Waals surface area contributed by atoms with E-state index >= 15 is 0 Å². The van der Waals surface area contributed by atoms with Crippen LogP contribution in [0.15, 0.2) is 0 Å². The molecule has 0 spiro atoms. The van der Waals surface area contributed by atoms with Gasteiger partial charge in [-0.25, -0.2) is 4.79 Å². The summed E-state index contributed by atoms with van der Waals surface area (Å²) in [4.78, 5) is 8.78. The normalized spacial score (nSPS) is 4.80. The largest absolute Gasteiger partial charge is 0.465 e. The van der Waals surface area contributed by atoms with Crippen molar-refractivity contribution < 1.29 is 31.0 Å². The molecule has 0 saturated carbocycles. The second-order valence-corrected chi connectivity index (χ2v) is 0.338. The third kappa shape index (κ3) is 8730. The van der Waals surface area contributed by atoms with Gasteiger partial charge in [-0.15, -0.1) is 0 Å². The van der Waals surface area contributed by atoms with Crippen LogP contribution in [0.5, 0.6) is 0 Å². The van der Waals surface area contributed by atoms with E-state index in [-0.39, 0.29) is 21.1 Å². The molecule has 0 atom stereocenters. The van der Waals surface area contributed by atoms with Crippen molar-refractivity contribution in [1.82, 2.24) is 0 Å². The van der Waals surface area contributed by atoms with Gasteiger partial charge < -0.3 is 10.8 Å². The van der Waals surface area contributed by atoms with Gasteiger partial charge in [0.05, 0.1) is 0 Å². The molecule has 3 N–H and O–H groups in total. The molecule has 34 valence electrons. The van der Waals surface area contributed by atoms with Gasteiger partial charge in [-0.1, -0.05) is 0 Å². The van der Waals surface area contributed by atoms with Gasteiger partial charge in [0.15, 0.2) is 0 Å². The van der Waals surface area contributed by atoms with Crippen molar-refractivity contribution >= 4 is 6.09 Å². The second kappa shape index (κ2) is 3.96. The molecule has 0 bridgehead atoms. The maximum absolute atomic E-state index is 8.78. The predicted molar refractivity (Wildman–Crippen MR) is 12.2 cm³/mol. The number of primary amides is 1. The quantitative estimate of drug-likeness (QED) is 0.620. The van der Waals surface area contributed by atoms with Crippen LogP contribution in [0.3, 0.4) is 0 Å². The third-order valence-electron chi connectivity index (χ3n) is 0. The zero-order valence-corrected chi connectivity index (χ0v) is 4.52. The van der Waals surface area contributed by atoms with Crippen LogP contribution in [-0.2, 0) is 21.1 Å². The predicted octanol–water partition coefficient (Wildman–Crippen LogP) is -0.379. The minimum absolute atomic E-state index is 0. The summed E-state index contributed by atoms with van der Waals surface area (Å²) in [6.45, 7) is 0. The number of amides is 1. The van der Waals surface area contributed by atoms with Crippen molar-refractivity contribution in [1.29, 1.82) is 0 Å². The molecule has 0 fully saturated rings. The molecule has 0 rings (SSSR count). The van der Waals surface area contributed by atoms with Crippen LogP contribution < -0.4 is 5.73 Å². The van der Waals surface area contributed by atoms with Gasteiger partial charge in [0, 0.05) is 21.1 Å². The molecular weight excluding hydrogens is 253 g/mol. The van der Waals surface area contributed by atoms with E-state index in [2.05, 4.69) is 5.73 Å². The van der Waals surface area contributed by atoms with E-state index < -0.39 is 6.09 Å². The maximum atomic E-state index is 8.78. The van der Waals surface area contributed by atoms with E-state index in [0.29, 0.717) is 0 Å². The fourth-order valence-electron chi connectivity index (χ4n) is 0. The summed E-state index contributed by atoms with van der Waals surface area (Å²) in [7, 11) is 0. The number of rotatable bonds is 0. The van der Waals surface area contributed by atoms with Crippen LogP contribution in [0.2, 0.25) is 0 Å². The Balaban J connectivity index is 0. The molecule has 0 aliphatic heterocycles. The van der Waals surface area contributed by atoms with Gasteiger partial charge >= 0.3 is 6.09 Å². The molecule has 0 aromatic rings. The standard InChI is InChI=1S/CH3NO2.Pt/c2-1(3)4;/h2H2,(H,3,4);.